The molecule has 2 aromatic carbocycles. The van der Waals surface area contributed by atoms with E-state index < -0.39 is 44.3 Å². The molecule has 0 aliphatic heterocycles. The molecule has 174 valence electrons. The Morgan fingerprint density at radius 3 is 2.09 bits per heavy atom. The first-order chi connectivity index (χ1) is 15.5. The molecule has 0 spiro atoms. The van der Waals surface area contributed by atoms with Crippen molar-refractivity contribution in [2.45, 2.75) is 11.1 Å². The van der Waals surface area contributed by atoms with Crippen LogP contribution in [0.4, 0.5) is 18.9 Å². The number of esters is 2. The van der Waals surface area contributed by atoms with E-state index >= 15 is 0 Å². The van der Waals surface area contributed by atoms with E-state index in [1.165, 1.54) is 23.1 Å². The van der Waals surface area contributed by atoms with E-state index in [2.05, 4.69) is 19.3 Å². The van der Waals surface area contributed by atoms with Gasteiger partial charge in [0.05, 0.1) is 47.2 Å². The minimum Gasteiger partial charge on any atom is -0.465 e. The minimum atomic E-state index is -4.74. The van der Waals surface area contributed by atoms with Crippen molar-refractivity contribution in [2.24, 2.45) is 0 Å². The summed E-state index contributed by atoms with van der Waals surface area (Å²) in [5.41, 5.74) is -2.09. The monoisotopic (exact) mass is 483 g/mol. The zero-order valence-electron chi connectivity index (χ0n) is 17.1. The van der Waals surface area contributed by atoms with E-state index in [0.717, 1.165) is 44.6 Å². The van der Waals surface area contributed by atoms with Gasteiger partial charge in [0.1, 0.15) is 0 Å². The van der Waals surface area contributed by atoms with Crippen LogP contribution in [0, 0.1) is 0 Å². The lowest BCUT2D eigenvalue weighted by atomic mass is 10.1. The maximum atomic E-state index is 13.3. The summed E-state index contributed by atoms with van der Waals surface area (Å²) in [5.74, 6) is -1.87. The average Bonchev–Trinajstić information content (AvgIpc) is 3.31. The molecule has 0 amide bonds. The Balaban J connectivity index is 2.15. The van der Waals surface area contributed by atoms with Crippen LogP contribution in [0.5, 0.6) is 0 Å². The Labute approximate surface area is 185 Å². The largest absolute Gasteiger partial charge is 0.465 e. The lowest BCUT2D eigenvalue weighted by molar-refractivity contribution is -0.137. The highest BCUT2D eigenvalue weighted by atomic mass is 32.2. The molecule has 0 bridgehead atoms. The molecule has 0 atom stereocenters. The predicted octanol–water partition coefficient (Wildman–Crippen LogP) is 3.27. The fourth-order valence-electron chi connectivity index (χ4n) is 2.83. The smallest absolute Gasteiger partial charge is 0.416 e. The molecule has 3 rings (SSSR count). The summed E-state index contributed by atoms with van der Waals surface area (Å²) in [7, 11) is -2.48. The second-order valence-electron chi connectivity index (χ2n) is 6.52. The molecule has 0 saturated heterocycles. The summed E-state index contributed by atoms with van der Waals surface area (Å²) < 4.78 is 78.3. The van der Waals surface area contributed by atoms with Gasteiger partial charge in [0.2, 0.25) is 0 Å². The molecule has 1 aromatic heterocycles. The van der Waals surface area contributed by atoms with Crippen LogP contribution in [-0.2, 0) is 25.7 Å². The highest BCUT2D eigenvalue weighted by molar-refractivity contribution is 7.92. The van der Waals surface area contributed by atoms with E-state index in [-0.39, 0.29) is 16.8 Å². The van der Waals surface area contributed by atoms with E-state index in [0.29, 0.717) is 6.07 Å². The van der Waals surface area contributed by atoms with Gasteiger partial charge in [0.15, 0.2) is 0 Å². The summed E-state index contributed by atoms with van der Waals surface area (Å²) in [5, 5.41) is 3.92. The topological polar surface area (TPSA) is 117 Å². The maximum Gasteiger partial charge on any atom is 0.416 e. The van der Waals surface area contributed by atoms with Gasteiger partial charge in [0.25, 0.3) is 10.0 Å². The van der Waals surface area contributed by atoms with E-state index in [1.807, 2.05) is 0 Å². The average molecular weight is 483 g/mol. The molecule has 0 saturated carbocycles. The standard InChI is InChI=1S/C20H16F3N3O6S/c1-31-18(27)12-8-13(19(28)32-2)10-15(9-12)33(29,30)25-16-11-14(20(21,22)23)4-5-17(16)26-7-3-6-24-26/h3-11,25H,1-2H3. The van der Waals surface area contributed by atoms with Gasteiger partial charge in [-0.3, -0.25) is 4.72 Å². The number of alkyl halides is 3. The maximum absolute atomic E-state index is 13.3. The summed E-state index contributed by atoms with van der Waals surface area (Å²) >= 11 is 0. The number of nitrogens with one attached hydrogen (secondary N) is 1. The minimum absolute atomic E-state index is 0.00823. The third-order valence-corrected chi connectivity index (χ3v) is 5.72. The number of halogens is 3. The van der Waals surface area contributed by atoms with Gasteiger partial charge in [0, 0.05) is 12.4 Å². The Kier molecular flexibility index (Phi) is 6.44. The predicted molar refractivity (Wildman–Crippen MR) is 108 cm³/mol. The molecule has 0 aliphatic rings. The molecule has 33 heavy (non-hydrogen) atoms. The van der Waals surface area contributed by atoms with Crippen molar-refractivity contribution in [3.63, 3.8) is 0 Å². The lowest BCUT2D eigenvalue weighted by Crippen LogP contribution is -2.18. The second kappa shape index (κ2) is 8.94. The summed E-state index contributed by atoms with van der Waals surface area (Å²) in [6.45, 7) is 0. The van der Waals surface area contributed by atoms with Gasteiger partial charge in [-0.1, -0.05) is 0 Å². The quantitative estimate of drug-likeness (QED) is 0.535. The highest BCUT2D eigenvalue weighted by Crippen LogP contribution is 2.34. The van der Waals surface area contributed by atoms with Gasteiger partial charge >= 0.3 is 18.1 Å². The van der Waals surface area contributed by atoms with E-state index in [9.17, 15) is 31.2 Å². The van der Waals surface area contributed by atoms with Gasteiger partial charge in [-0.05, 0) is 42.5 Å². The number of rotatable bonds is 6. The number of ether oxygens (including phenoxy) is 2. The number of methoxy groups -OCH3 is 2. The van der Waals surface area contributed by atoms with Crippen LogP contribution in [-0.4, -0.2) is 44.4 Å². The lowest BCUT2D eigenvalue weighted by Gasteiger charge is -2.16. The van der Waals surface area contributed by atoms with Crippen molar-refractivity contribution in [3.8, 4) is 5.69 Å². The van der Waals surface area contributed by atoms with Crippen LogP contribution in [0.2, 0.25) is 0 Å². The van der Waals surface area contributed by atoms with Gasteiger partial charge in [-0.15, -0.1) is 0 Å². The van der Waals surface area contributed by atoms with Crippen molar-refractivity contribution in [2.75, 3.05) is 18.9 Å². The Bertz CT molecular complexity index is 1270. The normalized spacial score (nSPS) is 11.7. The number of anilines is 1. The van der Waals surface area contributed by atoms with Crippen molar-refractivity contribution in [1.82, 2.24) is 9.78 Å². The van der Waals surface area contributed by atoms with Crippen molar-refractivity contribution < 1.29 is 40.7 Å². The number of nitrogens with zero attached hydrogens (tertiary/aromatic N) is 2. The molecule has 0 unspecified atom stereocenters. The van der Waals surface area contributed by atoms with Gasteiger partial charge in [-0.25, -0.2) is 22.7 Å². The number of sulfonamides is 1. The van der Waals surface area contributed by atoms with Crippen LogP contribution in [0.25, 0.3) is 5.69 Å². The van der Waals surface area contributed by atoms with E-state index in [4.69, 9.17) is 0 Å². The number of aromatic nitrogens is 2. The van der Waals surface area contributed by atoms with Crippen molar-refractivity contribution in [3.05, 3.63) is 71.5 Å². The molecular weight excluding hydrogens is 467 g/mol. The van der Waals surface area contributed by atoms with Crippen molar-refractivity contribution >= 4 is 27.6 Å². The molecule has 1 N–H and O–H groups in total. The number of carbonyl (C=O) groups excluding carboxylic acids is 2. The molecule has 0 fully saturated rings. The fraction of sp³-hybridized carbons (Fsp3) is 0.150. The Morgan fingerprint density at radius 2 is 1.61 bits per heavy atom. The number of carbonyl (C=O) groups is 2. The molecule has 1 heterocycles. The first-order valence-electron chi connectivity index (χ1n) is 9.02. The van der Waals surface area contributed by atoms with Crippen LogP contribution in [0.3, 0.4) is 0 Å². The third-order valence-electron chi connectivity index (χ3n) is 4.38. The molecule has 0 radical (unpaired) electrons. The van der Waals surface area contributed by atoms with Gasteiger partial charge < -0.3 is 9.47 Å². The number of hydrogen-bond acceptors (Lipinski definition) is 7. The zero-order valence-corrected chi connectivity index (χ0v) is 17.9. The SMILES string of the molecule is COC(=O)c1cc(C(=O)OC)cc(S(=O)(=O)Nc2cc(C(F)(F)F)ccc2-n2cccn2)c1. The Morgan fingerprint density at radius 1 is 1.00 bits per heavy atom. The van der Waals surface area contributed by atoms with Crippen LogP contribution < -0.4 is 4.72 Å². The summed E-state index contributed by atoms with van der Waals surface area (Å²) in [6, 6.07) is 6.85. The molecule has 3 aromatic rings. The molecule has 9 nitrogen and oxygen atoms in total. The fourth-order valence-corrected chi connectivity index (χ4v) is 3.97. The zero-order chi connectivity index (χ0) is 24.4. The second-order valence-corrected chi connectivity index (χ2v) is 8.20. The third kappa shape index (κ3) is 5.14. The Hall–Kier alpha value is -3.87. The van der Waals surface area contributed by atoms with Crippen LogP contribution in [0.1, 0.15) is 26.3 Å². The molecular formula is C20H16F3N3O6S. The van der Waals surface area contributed by atoms with Crippen LogP contribution in [0.15, 0.2) is 59.8 Å². The first-order valence-corrected chi connectivity index (χ1v) is 10.5. The van der Waals surface area contributed by atoms with Crippen molar-refractivity contribution in [1.29, 1.82) is 0 Å². The van der Waals surface area contributed by atoms with Gasteiger partial charge in [-0.2, -0.15) is 18.3 Å². The summed E-state index contributed by atoms with van der Waals surface area (Å²) in [6.07, 6.45) is -1.97. The number of hydrogen-bond donors (Lipinski definition) is 1. The first kappa shape index (κ1) is 23.8. The van der Waals surface area contributed by atoms with E-state index in [1.54, 1.807) is 0 Å². The summed E-state index contributed by atoms with van der Waals surface area (Å²) in [4.78, 5) is 23.3. The number of benzene rings is 2. The molecule has 0 aliphatic carbocycles. The highest BCUT2D eigenvalue weighted by Gasteiger charge is 2.32. The van der Waals surface area contributed by atoms with Crippen LogP contribution >= 0.6 is 0 Å². The molecule has 13 heteroatoms.